The van der Waals surface area contributed by atoms with Crippen LogP contribution in [0.1, 0.15) is 11.1 Å². The van der Waals surface area contributed by atoms with E-state index < -0.39 is 0 Å². The van der Waals surface area contributed by atoms with Gasteiger partial charge >= 0.3 is 12.1 Å². The van der Waals surface area contributed by atoms with Crippen LogP contribution in [0.5, 0.6) is 0 Å². The van der Waals surface area contributed by atoms with Crippen molar-refractivity contribution in [3.05, 3.63) is 64.7 Å². The van der Waals surface area contributed by atoms with Crippen LogP contribution < -0.4 is 15.5 Å². The van der Waals surface area contributed by atoms with E-state index in [4.69, 9.17) is 16.3 Å². The van der Waals surface area contributed by atoms with Crippen LogP contribution in [0.4, 0.5) is 15.3 Å². The fourth-order valence-corrected chi connectivity index (χ4v) is 2.60. The molecule has 27 heavy (non-hydrogen) atoms. The van der Waals surface area contributed by atoms with Gasteiger partial charge in [0.05, 0.1) is 13.1 Å². The average molecular weight is 384 g/mol. The summed E-state index contributed by atoms with van der Waals surface area (Å²) in [6.07, 6.45) is -0.331. The van der Waals surface area contributed by atoms with Crippen LogP contribution >= 0.6 is 11.6 Å². The summed E-state index contributed by atoms with van der Waals surface area (Å²) in [6.45, 7) is 1.61. The first-order valence-corrected chi connectivity index (χ1v) is 8.79. The first-order chi connectivity index (χ1) is 13.1. The van der Waals surface area contributed by atoms with Gasteiger partial charge in [0.25, 0.3) is 0 Å². The minimum atomic E-state index is -0.331. The van der Waals surface area contributed by atoms with E-state index in [1.165, 1.54) is 0 Å². The fraction of sp³-hybridized carbons (Fsp3) is 0.200. The molecule has 1 fully saturated rings. The first-order valence-electron chi connectivity index (χ1n) is 8.41. The third-order valence-electron chi connectivity index (χ3n) is 3.88. The summed E-state index contributed by atoms with van der Waals surface area (Å²) in [4.78, 5) is 24.8. The van der Waals surface area contributed by atoms with Crippen molar-refractivity contribution in [3.63, 3.8) is 0 Å². The molecule has 1 aliphatic rings. The second-order valence-corrected chi connectivity index (χ2v) is 6.21. The van der Waals surface area contributed by atoms with Crippen LogP contribution in [-0.4, -0.2) is 31.8 Å². The standard InChI is InChI=1S/C20H18ClN3O3/c21-17-7-3-16(4-8-17)14-23-19(25)22-11-1-2-15-5-9-18(10-6-15)24-12-13-27-20(24)26/h3-10H,11-14H2,(H2,22,23,25). The zero-order chi connectivity index (χ0) is 19.1. The van der Waals surface area contributed by atoms with Crippen molar-refractivity contribution in [2.24, 2.45) is 0 Å². The predicted molar refractivity (Wildman–Crippen MR) is 104 cm³/mol. The molecule has 2 aromatic rings. The number of cyclic esters (lactones) is 1. The maximum atomic E-state index is 11.8. The van der Waals surface area contributed by atoms with Crippen LogP contribution in [0, 0.1) is 11.8 Å². The van der Waals surface area contributed by atoms with Crippen molar-refractivity contribution in [1.82, 2.24) is 10.6 Å². The Morgan fingerprint density at radius 3 is 2.52 bits per heavy atom. The number of nitrogens with one attached hydrogen (secondary N) is 2. The maximum absolute atomic E-state index is 11.8. The molecule has 138 valence electrons. The predicted octanol–water partition coefficient (Wildman–Crippen LogP) is 3.15. The second kappa shape index (κ2) is 8.97. The molecule has 0 aromatic heterocycles. The number of halogens is 1. The van der Waals surface area contributed by atoms with Gasteiger partial charge in [-0.05, 0) is 42.0 Å². The Morgan fingerprint density at radius 1 is 1.11 bits per heavy atom. The first kappa shape index (κ1) is 18.6. The van der Waals surface area contributed by atoms with E-state index in [-0.39, 0.29) is 18.7 Å². The smallest absolute Gasteiger partial charge is 0.414 e. The molecular formula is C20H18ClN3O3. The molecule has 1 heterocycles. The van der Waals surface area contributed by atoms with Crippen LogP contribution in [0.3, 0.4) is 0 Å². The lowest BCUT2D eigenvalue weighted by Crippen LogP contribution is -2.35. The van der Waals surface area contributed by atoms with E-state index in [1.807, 2.05) is 36.4 Å². The number of benzene rings is 2. The molecule has 0 aliphatic carbocycles. The summed E-state index contributed by atoms with van der Waals surface area (Å²) in [7, 11) is 0. The van der Waals surface area contributed by atoms with Gasteiger partial charge in [0.2, 0.25) is 0 Å². The Labute approximate surface area is 162 Å². The van der Waals surface area contributed by atoms with Gasteiger partial charge in [-0.15, -0.1) is 0 Å². The Kier molecular flexibility index (Phi) is 6.18. The molecule has 0 bridgehead atoms. The normalized spacial score (nSPS) is 12.8. The highest BCUT2D eigenvalue weighted by Gasteiger charge is 2.23. The Bertz CT molecular complexity index is 870. The van der Waals surface area contributed by atoms with Crippen LogP contribution in [0.2, 0.25) is 5.02 Å². The van der Waals surface area contributed by atoms with Crippen molar-refractivity contribution < 1.29 is 14.3 Å². The average Bonchev–Trinajstić information content (AvgIpc) is 3.11. The zero-order valence-corrected chi connectivity index (χ0v) is 15.3. The van der Waals surface area contributed by atoms with E-state index in [0.717, 1.165) is 16.8 Å². The van der Waals surface area contributed by atoms with E-state index >= 15 is 0 Å². The van der Waals surface area contributed by atoms with Crippen molar-refractivity contribution in [1.29, 1.82) is 0 Å². The van der Waals surface area contributed by atoms with E-state index in [2.05, 4.69) is 22.5 Å². The third-order valence-corrected chi connectivity index (χ3v) is 4.13. The number of urea groups is 1. The van der Waals surface area contributed by atoms with Gasteiger partial charge < -0.3 is 15.4 Å². The molecular weight excluding hydrogens is 366 g/mol. The molecule has 0 atom stereocenters. The zero-order valence-electron chi connectivity index (χ0n) is 14.5. The number of anilines is 1. The number of nitrogens with zero attached hydrogens (tertiary/aromatic N) is 1. The highest BCUT2D eigenvalue weighted by Crippen LogP contribution is 2.18. The maximum Gasteiger partial charge on any atom is 0.414 e. The number of hydrogen-bond acceptors (Lipinski definition) is 3. The molecule has 7 heteroatoms. The Balaban J connectivity index is 1.42. The SMILES string of the molecule is O=C(NCC#Cc1ccc(N2CCOC2=O)cc1)NCc1ccc(Cl)cc1. The van der Waals surface area contributed by atoms with Crippen LogP contribution in [0.25, 0.3) is 0 Å². The lowest BCUT2D eigenvalue weighted by molar-refractivity contribution is 0.181. The van der Waals surface area contributed by atoms with Gasteiger partial charge in [-0.25, -0.2) is 9.59 Å². The number of carbonyl (C=O) groups excluding carboxylic acids is 2. The van der Waals surface area contributed by atoms with Crippen molar-refractivity contribution in [2.45, 2.75) is 6.54 Å². The third kappa shape index (κ3) is 5.40. The second-order valence-electron chi connectivity index (χ2n) is 5.78. The summed E-state index contributed by atoms with van der Waals surface area (Å²) in [5.74, 6) is 5.86. The number of amides is 3. The largest absolute Gasteiger partial charge is 0.447 e. The Morgan fingerprint density at radius 2 is 1.85 bits per heavy atom. The molecule has 0 spiro atoms. The van der Waals surface area contributed by atoms with Gasteiger partial charge in [-0.3, -0.25) is 4.90 Å². The topological polar surface area (TPSA) is 70.7 Å². The number of rotatable bonds is 4. The molecule has 0 radical (unpaired) electrons. The van der Waals surface area contributed by atoms with Gasteiger partial charge in [-0.1, -0.05) is 35.6 Å². The number of carbonyl (C=O) groups is 2. The number of ether oxygens (including phenoxy) is 1. The fourth-order valence-electron chi connectivity index (χ4n) is 2.47. The lowest BCUT2D eigenvalue weighted by Gasteiger charge is -2.11. The van der Waals surface area contributed by atoms with Gasteiger partial charge in [0.15, 0.2) is 0 Å². The molecule has 0 unspecified atom stereocenters. The van der Waals surface area contributed by atoms with Crippen molar-refractivity contribution in [2.75, 3.05) is 24.6 Å². The molecule has 6 nitrogen and oxygen atoms in total. The van der Waals surface area contributed by atoms with Gasteiger partial charge in [0, 0.05) is 22.8 Å². The number of hydrogen-bond donors (Lipinski definition) is 2. The molecule has 3 rings (SSSR count). The van der Waals surface area contributed by atoms with E-state index in [1.54, 1.807) is 17.0 Å². The summed E-state index contributed by atoms with van der Waals surface area (Å²) in [6, 6.07) is 14.3. The minimum Gasteiger partial charge on any atom is -0.447 e. The lowest BCUT2D eigenvalue weighted by atomic mass is 10.2. The summed E-state index contributed by atoms with van der Waals surface area (Å²) >= 11 is 5.82. The minimum absolute atomic E-state index is 0.229. The van der Waals surface area contributed by atoms with E-state index in [0.29, 0.717) is 24.7 Å². The molecule has 3 amide bonds. The van der Waals surface area contributed by atoms with E-state index in [9.17, 15) is 9.59 Å². The molecule has 0 saturated carbocycles. The summed E-state index contributed by atoms with van der Waals surface area (Å²) < 4.78 is 4.91. The molecule has 2 aromatic carbocycles. The van der Waals surface area contributed by atoms with Crippen LogP contribution in [-0.2, 0) is 11.3 Å². The van der Waals surface area contributed by atoms with Gasteiger partial charge in [0.1, 0.15) is 6.61 Å². The van der Waals surface area contributed by atoms with Crippen molar-refractivity contribution in [3.8, 4) is 11.8 Å². The molecule has 2 N–H and O–H groups in total. The molecule has 1 saturated heterocycles. The Hall–Kier alpha value is -3.17. The monoisotopic (exact) mass is 383 g/mol. The van der Waals surface area contributed by atoms with Gasteiger partial charge in [-0.2, -0.15) is 0 Å². The van der Waals surface area contributed by atoms with Crippen molar-refractivity contribution >= 4 is 29.4 Å². The van der Waals surface area contributed by atoms with Crippen LogP contribution in [0.15, 0.2) is 48.5 Å². The highest BCUT2D eigenvalue weighted by molar-refractivity contribution is 6.30. The molecule has 1 aliphatic heterocycles. The summed E-state index contributed by atoms with van der Waals surface area (Å²) in [5.41, 5.74) is 2.54. The summed E-state index contributed by atoms with van der Waals surface area (Å²) in [5, 5.41) is 6.09. The quantitative estimate of drug-likeness (QED) is 0.797. The highest BCUT2D eigenvalue weighted by atomic mass is 35.5.